The van der Waals surface area contributed by atoms with Gasteiger partial charge in [0, 0.05) is 34.7 Å². The Kier molecular flexibility index (Phi) is 6.76. The molecule has 0 aromatic heterocycles. The number of allylic oxidation sites excluding steroid dienone is 5. The van der Waals surface area contributed by atoms with E-state index < -0.39 is 11.0 Å². The van der Waals surface area contributed by atoms with E-state index in [1.165, 1.54) is 11.1 Å². The van der Waals surface area contributed by atoms with E-state index in [9.17, 15) is 4.21 Å². The number of rotatable bonds is 5. The molecule has 0 fully saturated rings. The Morgan fingerprint density at radius 2 is 2.00 bits per heavy atom. The highest BCUT2D eigenvalue weighted by Crippen LogP contribution is 2.38. The molecule has 3 N–H and O–H groups in total. The average Bonchev–Trinajstić information content (AvgIpc) is 2.82. The second-order valence-electron chi connectivity index (χ2n) is 6.83. The molecule has 0 saturated heterocycles. The second-order valence-corrected chi connectivity index (χ2v) is 8.25. The highest BCUT2D eigenvalue weighted by Gasteiger charge is 2.20. The lowest BCUT2D eigenvalue weighted by Gasteiger charge is -2.17. The molecule has 3 nitrogen and oxygen atoms in total. The summed E-state index contributed by atoms with van der Waals surface area (Å²) in [6.07, 6.45) is 7.60. The van der Waals surface area contributed by atoms with Crippen molar-refractivity contribution >= 4 is 39.5 Å². The number of benzene rings is 2. The summed E-state index contributed by atoms with van der Waals surface area (Å²) in [6.45, 7) is 2.16. The van der Waals surface area contributed by atoms with Gasteiger partial charge in [0.1, 0.15) is 11.0 Å². The topological polar surface area (TPSA) is 55.1 Å². The highest BCUT2D eigenvalue weighted by atomic mass is 35.5. The molecule has 2 aromatic rings. The maximum atomic E-state index is 11.5. The van der Waals surface area contributed by atoms with Crippen molar-refractivity contribution in [2.24, 2.45) is 5.73 Å². The van der Waals surface area contributed by atoms with E-state index in [-0.39, 0.29) is 0 Å². The smallest absolute Gasteiger partial charge is 0.113 e. The Bertz CT molecular complexity index is 992. The molecule has 1 aliphatic carbocycles. The molecule has 0 spiro atoms. The summed E-state index contributed by atoms with van der Waals surface area (Å²) < 4.78 is 14.5. The maximum Gasteiger partial charge on any atom is 0.113 e. The third-order valence-corrected chi connectivity index (χ3v) is 5.56. The average molecular weight is 413 g/mol. The Morgan fingerprint density at radius 3 is 2.75 bits per heavy atom. The zero-order chi connectivity index (χ0) is 20.1. The molecule has 1 atom stereocenters. The maximum absolute atomic E-state index is 11.5. The molecule has 1 aliphatic rings. The minimum Gasteiger partial charge on any atom is -0.398 e. The van der Waals surface area contributed by atoms with Crippen LogP contribution in [0.25, 0.3) is 11.3 Å². The van der Waals surface area contributed by atoms with Gasteiger partial charge in [-0.05, 0) is 48.6 Å². The van der Waals surface area contributed by atoms with Crippen LogP contribution in [-0.2, 0) is 17.4 Å². The van der Waals surface area contributed by atoms with Crippen LogP contribution in [0, 0.1) is 0 Å². The molecule has 146 valence electrons. The van der Waals surface area contributed by atoms with Gasteiger partial charge < -0.3 is 10.5 Å². The molecular formula is C23H25ClN2OS. The molecule has 0 radical (unpaired) electrons. The van der Waals surface area contributed by atoms with Gasteiger partial charge in [0.05, 0.1) is 0 Å². The van der Waals surface area contributed by atoms with E-state index in [0.717, 1.165) is 40.8 Å². The summed E-state index contributed by atoms with van der Waals surface area (Å²) >= 11 is 5.93. The number of fused-ring (bicyclic) bond motifs is 1. The third-order valence-electron chi connectivity index (χ3n) is 4.86. The van der Waals surface area contributed by atoms with Gasteiger partial charge in [0.2, 0.25) is 0 Å². The van der Waals surface area contributed by atoms with Gasteiger partial charge in [-0.25, -0.2) is 4.21 Å². The van der Waals surface area contributed by atoms with Gasteiger partial charge >= 0.3 is 0 Å². The van der Waals surface area contributed by atoms with E-state index in [4.69, 9.17) is 17.3 Å². The number of halogens is 1. The summed E-state index contributed by atoms with van der Waals surface area (Å²) in [5.41, 5.74) is 15.0. The summed E-state index contributed by atoms with van der Waals surface area (Å²) in [4.78, 5) is 0. The van der Waals surface area contributed by atoms with Crippen molar-refractivity contribution in [3.8, 4) is 0 Å². The normalized spacial score (nSPS) is 17.2. The number of hydrogen-bond acceptors (Lipinski definition) is 2. The standard InChI is InChI=1S/C23H25ClN2OS/c1-16-12-13-17-7-3-4-10-21(17)22(20(16)11-6-14-24)23(25)18-8-5-9-19(15-18)26-28(2)27/h3-11,15,26H,12-14,25H2,1-2H3/b11-6-,23-22-. The van der Waals surface area contributed by atoms with Crippen LogP contribution in [0.3, 0.4) is 0 Å². The quantitative estimate of drug-likeness (QED) is 0.656. The van der Waals surface area contributed by atoms with E-state index in [2.05, 4.69) is 35.9 Å². The minimum absolute atomic E-state index is 0.452. The molecule has 0 heterocycles. The van der Waals surface area contributed by atoms with Crippen molar-refractivity contribution < 1.29 is 4.21 Å². The van der Waals surface area contributed by atoms with E-state index in [1.54, 1.807) is 6.26 Å². The van der Waals surface area contributed by atoms with Crippen molar-refractivity contribution in [1.29, 1.82) is 0 Å². The van der Waals surface area contributed by atoms with E-state index in [1.807, 2.05) is 36.4 Å². The monoisotopic (exact) mass is 412 g/mol. The van der Waals surface area contributed by atoms with Gasteiger partial charge in [-0.3, -0.25) is 0 Å². The van der Waals surface area contributed by atoms with Crippen LogP contribution in [-0.4, -0.2) is 16.3 Å². The first-order valence-corrected chi connectivity index (χ1v) is 11.3. The summed E-state index contributed by atoms with van der Waals surface area (Å²) in [7, 11) is -1.14. The SMILES string of the molecule is CC1=C(/C=C\CCl)/C(=C(/N)c2cccc(NS(C)=O)c2)c2ccccc2CC1. The minimum atomic E-state index is -1.14. The molecule has 5 heteroatoms. The summed E-state index contributed by atoms with van der Waals surface area (Å²) in [5, 5.41) is 0. The predicted molar refractivity (Wildman–Crippen MR) is 122 cm³/mol. The first-order valence-electron chi connectivity index (χ1n) is 9.22. The molecule has 3 rings (SSSR count). The fraction of sp³-hybridized carbons (Fsp3) is 0.217. The van der Waals surface area contributed by atoms with Gasteiger partial charge in [-0.15, -0.1) is 11.6 Å². The van der Waals surface area contributed by atoms with Gasteiger partial charge in [-0.1, -0.05) is 54.1 Å². The van der Waals surface area contributed by atoms with E-state index >= 15 is 0 Å². The lowest BCUT2D eigenvalue weighted by Crippen LogP contribution is -2.06. The van der Waals surface area contributed by atoms with Crippen LogP contribution in [0.1, 0.15) is 30.0 Å². The Hall–Kier alpha value is -2.30. The van der Waals surface area contributed by atoms with Crippen molar-refractivity contribution in [1.82, 2.24) is 0 Å². The number of hydrogen-bond donors (Lipinski definition) is 2. The number of nitrogens with one attached hydrogen (secondary N) is 1. The zero-order valence-corrected chi connectivity index (χ0v) is 17.7. The number of nitrogens with two attached hydrogens (primary N) is 1. The van der Waals surface area contributed by atoms with Crippen LogP contribution in [0.2, 0.25) is 0 Å². The molecule has 0 saturated carbocycles. The molecule has 0 aliphatic heterocycles. The lowest BCUT2D eigenvalue weighted by atomic mass is 9.90. The highest BCUT2D eigenvalue weighted by molar-refractivity contribution is 7.85. The second kappa shape index (κ2) is 9.26. The van der Waals surface area contributed by atoms with Crippen molar-refractivity contribution in [2.45, 2.75) is 19.8 Å². The van der Waals surface area contributed by atoms with Gasteiger partial charge in [0.25, 0.3) is 0 Å². The Morgan fingerprint density at radius 1 is 1.21 bits per heavy atom. The molecule has 0 amide bonds. The van der Waals surface area contributed by atoms with Crippen LogP contribution < -0.4 is 10.5 Å². The first-order chi connectivity index (χ1) is 13.5. The van der Waals surface area contributed by atoms with Gasteiger partial charge in [0.15, 0.2) is 0 Å². The Labute approximate surface area is 174 Å². The summed E-state index contributed by atoms with van der Waals surface area (Å²) in [6, 6.07) is 16.2. The predicted octanol–water partition coefficient (Wildman–Crippen LogP) is 5.28. The van der Waals surface area contributed by atoms with E-state index in [0.29, 0.717) is 11.6 Å². The van der Waals surface area contributed by atoms with Crippen LogP contribution in [0.4, 0.5) is 5.69 Å². The largest absolute Gasteiger partial charge is 0.398 e. The van der Waals surface area contributed by atoms with Crippen molar-refractivity contribution in [3.63, 3.8) is 0 Å². The molecule has 2 aromatic carbocycles. The third kappa shape index (κ3) is 4.57. The van der Waals surface area contributed by atoms with Crippen LogP contribution in [0.15, 0.2) is 71.8 Å². The van der Waals surface area contributed by atoms with Crippen LogP contribution >= 0.6 is 11.6 Å². The number of anilines is 1. The molecule has 28 heavy (non-hydrogen) atoms. The number of aryl methyl sites for hydroxylation is 1. The fourth-order valence-corrected chi connectivity index (χ4v) is 4.08. The van der Waals surface area contributed by atoms with Crippen molar-refractivity contribution in [2.75, 3.05) is 16.9 Å². The molecule has 0 bridgehead atoms. The van der Waals surface area contributed by atoms with Crippen LogP contribution in [0.5, 0.6) is 0 Å². The summed E-state index contributed by atoms with van der Waals surface area (Å²) in [5.74, 6) is 0.452. The Balaban J connectivity index is 2.24. The van der Waals surface area contributed by atoms with Crippen molar-refractivity contribution in [3.05, 3.63) is 88.5 Å². The fourth-order valence-electron chi connectivity index (χ4n) is 3.54. The lowest BCUT2D eigenvalue weighted by molar-refractivity contribution is 0.690. The first kappa shape index (κ1) is 20.4. The molecular weight excluding hydrogens is 388 g/mol. The van der Waals surface area contributed by atoms with Gasteiger partial charge in [-0.2, -0.15) is 0 Å². The zero-order valence-electron chi connectivity index (χ0n) is 16.2. The molecule has 1 unspecified atom stereocenters. The number of alkyl halides is 1.